The predicted molar refractivity (Wildman–Crippen MR) is 113 cm³/mol. The van der Waals surface area contributed by atoms with Crippen molar-refractivity contribution >= 4 is 35.7 Å². The molecule has 1 saturated carbocycles. The van der Waals surface area contributed by atoms with Crippen LogP contribution in [0.3, 0.4) is 0 Å². The molecule has 6 nitrogen and oxygen atoms in total. The van der Waals surface area contributed by atoms with Crippen LogP contribution in [-0.2, 0) is 6.54 Å². The lowest BCUT2D eigenvalue weighted by Crippen LogP contribution is -2.51. The summed E-state index contributed by atoms with van der Waals surface area (Å²) in [4.78, 5) is 17.6. The summed E-state index contributed by atoms with van der Waals surface area (Å²) in [6.45, 7) is 5.97. The van der Waals surface area contributed by atoms with Gasteiger partial charge in [0.05, 0.1) is 11.9 Å². The van der Waals surface area contributed by atoms with Crippen LogP contribution in [0, 0.1) is 0 Å². The second kappa shape index (κ2) is 10.4. The van der Waals surface area contributed by atoms with Crippen molar-refractivity contribution in [2.24, 2.45) is 0 Å². The molecule has 0 atom stereocenters. The third-order valence-corrected chi connectivity index (χ3v) is 5.76. The van der Waals surface area contributed by atoms with Gasteiger partial charge in [-0.2, -0.15) is 0 Å². The molecular weight excluding hydrogens is 385 g/mol. The summed E-state index contributed by atoms with van der Waals surface area (Å²) in [5.41, 5.74) is 0.635. The van der Waals surface area contributed by atoms with Crippen LogP contribution in [0.15, 0.2) is 29.1 Å². The van der Waals surface area contributed by atoms with Gasteiger partial charge in [-0.3, -0.25) is 14.6 Å². The van der Waals surface area contributed by atoms with Crippen molar-refractivity contribution in [3.63, 3.8) is 0 Å². The number of piperazine rings is 1. The first-order valence-corrected chi connectivity index (χ1v) is 9.60. The van der Waals surface area contributed by atoms with E-state index in [0.717, 1.165) is 38.8 Å². The molecule has 0 unspecified atom stereocenters. The maximum absolute atomic E-state index is 12.5. The number of benzene rings is 1. The van der Waals surface area contributed by atoms with Gasteiger partial charge in [0.25, 0.3) is 5.56 Å². The van der Waals surface area contributed by atoms with Crippen LogP contribution >= 0.6 is 24.8 Å². The van der Waals surface area contributed by atoms with E-state index in [1.54, 1.807) is 0 Å². The zero-order valence-electron chi connectivity index (χ0n) is 15.6. The Balaban J connectivity index is 0.00000131. The van der Waals surface area contributed by atoms with Crippen molar-refractivity contribution in [3.05, 3.63) is 34.6 Å². The molecule has 2 aromatic rings. The van der Waals surface area contributed by atoms with E-state index >= 15 is 0 Å². The summed E-state index contributed by atoms with van der Waals surface area (Å²) in [7, 11) is 0. The number of hydrogen-bond acceptors (Lipinski definition) is 5. The molecule has 0 N–H and O–H groups in total. The average molecular weight is 414 g/mol. The first kappa shape index (κ1) is 22.1. The van der Waals surface area contributed by atoms with Crippen molar-refractivity contribution < 1.29 is 0 Å². The Kier molecular flexibility index (Phi) is 8.48. The van der Waals surface area contributed by atoms with Crippen LogP contribution < -0.4 is 5.56 Å². The molecule has 2 aliphatic rings. The first-order valence-electron chi connectivity index (χ1n) is 9.60. The third kappa shape index (κ3) is 5.19. The van der Waals surface area contributed by atoms with Gasteiger partial charge in [-0.1, -0.05) is 36.6 Å². The second-order valence-corrected chi connectivity index (χ2v) is 7.30. The fourth-order valence-electron chi connectivity index (χ4n) is 4.20. The van der Waals surface area contributed by atoms with Crippen LogP contribution in [0.4, 0.5) is 0 Å². The third-order valence-electron chi connectivity index (χ3n) is 5.76. The van der Waals surface area contributed by atoms with E-state index in [1.165, 1.54) is 36.8 Å². The number of halogens is 2. The maximum Gasteiger partial charge on any atom is 0.277 e. The molecule has 4 rings (SSSR count). The topological polar surface area (TPSA) is 54.3 Å². The molecule has 1 saturated heterocycles. The zero-order chi connectivity index (χ0) is 17.1. The predicted octanol–water partition coefficient (Wildman–Crippen LogP) is 2.59. The van der Waals surface area contributed by atoms with E-state index in [1.807, 2.05) is 24.3 Å². The minimum absolute atomic E-state index is 0. The van der Waals surface area contributed by atoms with Gasteiger partial charge in [0.15, 0.2) is 0 Å². The lowest BCUT2D eigenvalue weighted by atomic mass is 9.94. The molecule has 27 heavy (non-hydrogen) atoms. The highest BCUT2D eigenvalue weighted by Gasteiger charge is 2.24. The molecule has 1 aliphatic heterocycles. The van der Waals surface area contributed by atoms with E-state index < -0.39 is 0 Å². The molecule has 0 bridgehead atoms. The zero-order valence-corrected chi connectivity index (χ0v) is 17.3. The number of hydrogen-bond donors (Lipinski definition) is 0. The Hall–Kier alpha value is -1.21. The summed E-state index contributed by atoms with van der Waals surface area (Å²) >= 11 is 0. The second-order valence-electron chi connectivity index (χ2n) is 7.30. The minimum atomic E-state index is -0.0357. The summed E-state index contributed by atoms with van der Waals surface area (Å²) < 4.78 is 1.51. The van der Waals surface area contributed by atoms with Gasteiger partial charge >= 0.3 is 0 Å². The van der Waals surface area contributed by atoms with Crippen molar-refractivity contribution in [1.82, 2.24) is 24.8 Å². The van der Waals surface area contributed by atoms with E-state index in [0.29, 0.717) is 17.4 Å². The quantitative estimate of drug-likeness (QED) is 0.770. The highest BCUT2D eigenvalue weighted by molar-refractivity contribution is 5.85. The van der Waals surface area contributed by atoms with Crippen LogP contribution in [0.25, 0.3) is 10.9 Å². The van der Waals surface area contributed by atoms with Gasteiger partial charge in [0.2, 0.25) is 0 Å². The van der Waals surface area contributed by atoms with Gasteiger partial charge in [-0.05, 0) is 25.0 Å². The van der Waals surface area contributed by atoms with Crippen LogP contribution in [0.1, 0.15) is 32.1 Å². The molecule has 1 aromatic carbocycles. The van der Waals surface area contributed by atoms with Gasteiger partial charge in [0.1, 0.15) is 5.52 Å². The van der Waals surface area contributed by atoms with Gasteiger partial charge in [-0.15, -0.1) is 29.9 Å². The summed E-state index contributed by atoms with van der Waals surface area (Å²) in [5, 5.41) is 8.91. The van der Waals surface area contributed by atoms with Gasteiger partial charge < -0.3 is 0 Å². The molecular formula is C19H29Cl2N5O. The number of nitrogens with zero attached hydrogens (tertiary/aromatic N) is 5. The number of rotatable bonds is 4. The molecule has 0 spiro atoms. The van der Waals surface area contributed by atoms with Gasteiger partial charge in [0, 0.05) is 38.8 Å². The molecule has 0 amide bonds. The largest absolute Gasteiger partial charge is 0.299 e. The average Bonchev–Trinajstić information content (AvgIpc) is 2.69. The molecule has 1 aromatic heterocycles. The smallest absolute Gasteiger partial charge is 0.277 e. The highest BCUT2D eigenvalue weighted by atomic mass is 35.5. The Morgan fingerprint density at radius 3 is 2.37 bits per heavy atom. The molecule has 150 valence electrons. The fraction of sp³-hybridized carbons (Fsp3) is 0.632. The molecule has 2 heterocycles. The monoisotopic (exact) mass is 413 g/mol. The lowest BCUT2D eigenvalue weighted by molar-refractivity contribution is 0.0765. The molecule has 0 radical (unpaired) electrons. The Bertz CT molecular complexity index is 770. The highest BCUT2D eigenvalue weighted by Crippen LogP contribution is 2.23. The Labute approximate surface area is 172 Å². The fourth-order valence-corrected chi connectivity index (χ4v) is 4.20. The Morgan fingerprint density at radius 1 is 0.926 bits per heavy atom. The molecule has 2 fully saturated rings. The van der Waals surface area contributed by atoms with Crippen LogP contribution in [-0.4, -0.2) is 63.6 Å². The van der Waals surface area contributed by atoms with Crippen LogP contribution in [0.2, 0.25) is 0 Å². The Morgan fingerprint density at radius 2 is 1.63 bits per heavy atom. The van der Waals surface area contributed by atoms with Gasteiger partial charge in [-0.25, -0.2) is 4.68 Å². The first-order chi connectivity index (χ1) is 12.3. The van der Waals surface area contributed by atoms with Crippen LogP contribution in [0.5, 0.6) is 0 Å². The summed E-state index contributed by atoms with van der Waals surface area (Å²) in [6.07, 6.45) is 6.96. The maximum atomic E-state index is 12.5. The molecule has 8 heteroatoms. The normalized spacial score (nSPS) is 19.4. The van der Waals surface area contributed by atoms with E-state index in [4.69, 9.17) is 0 Å². The lowest BCUT2D eigenvalue weighted by Gasteiger charge is -2.40. The minimum Gasteiger partial charge on any atom is -0.299 e. The van der Waals surface area contributed by atoms with E-state index in [9.17, 15) is 4.79 Å². The van der Waals surface area contributed by atoms with Crippen molar-refractivity contribution in [3.8, 4) is 0 Å². The van der Waals surface area contributed by atoms with E-state index in [-0.39, 0.29) is 30.4 Å². The summed E-state index contributed by atoms with van der Waals surface area (Å²) in [6, 6.07) is 8.22. The van der Waals surface area contributed by atoms with Crippen molar-refractivity contribution in [2.45, 2.75) is 44.7 Å². The standard InChI is InChI=1S/C19H27N5O.2ClH/c25-19-17-8-4-5-9-18(17)20-21-24(19)15-12-22-10-13-23(14-11-22)16-6-2-1-3-7-16;;/h4-5,8-9,16H,1-3,6-7,10-15H2;2*1H. The van der Waals surface area contributed by atoms with Crippen molar-refractivity contribution in [1.29, 1.82) is 0 Å². The SMILES string of the molecule is Cl.Cl.O=c1c2ccccc2nnn1CCN1CCN(C2CCCCC2)CC1. The molecule has 1 aliphatic carbocycles. The summed E-state index contributed by atoms with van der Waals surface area (Å²) in [5.74, 6) is 0. The van der Waals surface area contributed by atoms with E-state index in [2.05, 4.69) is 20.1 Å². The number of fused-ring (bicyclic) bond motifs is 1. The van der Waals surface area contributed by atoms with Crippen molar-refractivity contribution in [2.75, 3.05) is 32.7 Å². The number of aromatic nitrogens is 3.